The highest BCUT2D eigenvalue weighted by molar-refractivity contribution is 6.35. The number of rotatable bonds is 7. The highest BCUT2D eigenvalue weighted by Crippen LogP contribution is 2.44. The molecule has 2 aromatic rings. The second-order valence-corrected chi connectivity index (χ2v) is 11.6. The van der Waals surface area contributed by atoms with E-state index >= 15 is 0 Å². The number of carboxylic acids is 1. The van der Waals surface area contributed by atoms with E-state index in [2.05, 4.69) is 14.8 Å². The van der Waals surface area contributed by atoms with E-state index in [0.717, 1.165) is 61.7 Å². The molecule has 0 spiro atoms. The minimum absolute atomic E-state index is 0.167. The number of halogens is 2. The van der Waals surface area contributed by atoms with Gasteiger partial charge in [-0.3, -0.25) is 9.69 Å². The summed E-state index contributed by atoms with van der Waals surface area (Å²) in [5, 5.41) is 10.6. The molecule has 1 N–H and O–H groups in total. The second-order valence-electron chi connectivity index (χ2n) is 10.7. The number of aromatic nitrogens is 1. The van der Waals surface area contributed by atoms with Crippen molar-refractivity contribution in [2.75, 3.05) is 37.7 Å². The van der Waals surface area contributed by atoms with Crippen LogP contribution in [0.15, 0.2) is 30.5 Å². The number of morpholine rings is 1. The average Bonchev–Trinajstić information content (AvgIpc) is 2.78. The summed E-state index contributed by atoms with van der Waals surface area (Å²) >= 11 is 12.4. The minimum atomic E-state index is -0.683. The lowest BCUT2D eigenvalue weighted by Gasteiger charge is -2.52. The fourth-order valence-corrected chi connectivity index (χ4v) is 6.10. The van der Waals surface area contributed by atoms with E-state index < -0.39 is 11.4 Å². The van der Waals surface area contributed by atoms with Gasteiger partial charge in [-0.1, -0.05) is 29.3 Å². The normalized spacial score (nSPS) is 27.8. The maximum absolute atomic E-state index is 11.5. The van der Waals surface area contributed by atoms with Gasteiger partial charge in [-0.25, -0.2) is 4.98 Å². The van der Waals surface area contributed by atoms with Crippen LogP contribution >= 0.6 is 23.2 Å². The smallest absolute Gasteiger partial charge is 0.309 e. The molecule has 2 atom stereocenters. The number of aryl methyl sites for hydroxylation is 1. The van der Waals surface area contributed by atoms with Crippen LogP contribution in [-0.4, -0.2) is 65.9 Å². The molecule has 1 saturated carbocycles. The Kier molecular flexibility index (Phi) is 7.11. The lowest BCUT2D eigenvalue weighted by atomic mass is 9.66. The quantitative estimate of drug-likeness (QED) is 0.522. The molecule has 2 aliphatic heterocycles. The van der Waals surface area contributed by atoms with Crippen molar-refractivity contribution in [1.29, 1.82) is 0 Å². The van der Waals surface area contributed by atoms with Crippen LogP contribution in [0.3, 0.4) is 0 Å². The number of benzene rings is 1. The van der Waals surface area contributed by atoms with E-state index in [9.17, 15) is 9.90 Å². The first-order chi connectivity index (χ1) is 17.1. The van der Waals surface area contributed by atoms with Gasteiger partial charge in [0.15, 0.2) is 0 Å². The predicted molar refractivity (Wildman–Crippen MR) is 140 cm³/mol. The maximum Gasteiger partial charge on any atom is 0.309 e. The topological polar surface area (TPSA) is 75.1 Å². The van der Waals surface area contributed by atoms with Gasteiger partial charge >= 0.3 is 5.97 Å². The zero-order valence-electron chi connectivity index (χ0n) is 20.9. The van der Waals surface area contributed by atoms with E-state index in [0.29, 0.717) is 28.6 Å². The van der Waals surface area contributed by atoms with Crippen LogP contribution in [0, 0.1) is 18.3 Å². The molecule has 1 aliphatic carbocycles. The zero-order chi connectivity index (χ0) is 25.6. The molecule has 2 saturated heterocycles. The number of aliphatic carboxylic acids is 1. The monoisotopic (exact) mass is 533 g/mol. The fraction of sp³-hybridized carbons (Fsp3) is 0.556. The molecule has 0 amide bonds. The van der Waals surface area contributed by atoms with Crippen LogP contribution in [0.25, 0.3) is 0 Å². The van der Waals surface area contributed by atoms with Gasteiger partial charge in [-0.05, 0) is 45.7 Å². The highest BCUT2D eigenvalue weighted by atomic mass is 35.5. The van der Waals surface area contributed by atoms with Crippen LogP contribution in [0.1, 0.15) is 43.9 Å². The summed E-state index contributed by atoms with van der Waals surface area (Å²) in [6.07, 6.45) is 3.23. The van der Waals surface area contributed by atoms with Gasteiger partial charge in [0.1, 0.15) is 17.7 Å². The molecule has 1 aromatic heterocycles. The SMILES string of the molecule is Cc1cnc(N2CC([C@H]3CN(C4CC(C)(C(=O)O)C4)CCO3)C2)cc1O[C@H](C)c1ccc(Cl)cc1Cl. The van der Waals surface area contributed by atoms with Crippen LogP contribution in [-0.2, 0) is 9.53 Å². The molecular weight excluding hydrogens is 501 g/mol. The van der Waals surface area contributed by atoms with E-state index in [1.165, 1.54) is 0 Å². The number of carboxylic acid groups (broad SMARTS) is 1. The molecule has 36 heavy (non-hydrogen) atoms. The van der Waals surface area contributed by atoms with E-state index in [-0.39, 0.29) is 12.2 Å². The van der Waals surface area contributed by atoms with Crippen molar-refractivity contribution in [1.82, 2.24) is 9.88 Å². The summed E-state index contributed by atoms with van der Waals surface area (Å²) in [5.41, 5.74) is 1.28. The van der Waals surface area contributed by atoms with Gasteiger partial charge in [0.25, 0.3) is 0 Å². The molecule has 5 rings (SSSR count). The lowest BCUT2D eigenvalue weighted by Crippen LogP contribution is -2.61. The van der Waals surface area contributed by atoms with Crippen molar-refractivity contribution in [3.63, 3.8) is 0 Å². The van der Waals surface area contributed by atoms with Crippen molar-refractivity contribution in [3.8, 4) is 5.75 Å². The third-order valence-corrected chi connectivity index (χ3v) is 8.60. The molecule has 1 aromatic carbocycles. The Morgan fingerprint density at radius 3 is 2.69 bits per heavy atom. The molecule has 0 unspecified atom stereocenters. The van der Waals surface area contributed by atoms with Crippen LogP contribution in [0.2, 0.25) is 10.0 Å². The summed E-state index contributed by atoms with van der Waals surface area (Å²) in [4.78, 5) is 20.8. The number of nitrogens with zero attached hydrogens (tertiary/aromatic N) is 3. The van der Waals surface area contributed by atoms with Crippen molar-refractivity contribution < 1.29 is 19.4 Å². The first-order valence-electron chi connectivity index (χ1n) is 12.6. The lowest BCUT2D eigenvalue weighted by molar-refractivity contribution is -0.161. The largest absolute Gasteiger partial charge is 0.486 e. The first-order valence-corrected chi connectivity index (χ1v) is 13.3. The number of anilines is 1. The Hall–Kier alpha value is -2.06. The van der Waals surface area contributed by atoms with Crippen LogP contribution in [0.4, 0.5) is 5.82 Å². The number of pyridine rings is 1. The van der Waals surface area contributed by atoms with Crippen molar-refractivity contribution in [2.24, 2.45) is 11.3 Å². The second kappa shape index (κ2) is 10.0. The summed E-state index contributed by atoms with van der Waals surface area (Å²) in [7, 11) is 0. The number of carbonyl (C=O) groups is 1. The Bertz CT molecular complexity index is 1130. The van der Waals surface area contributed by atoms with Gasteiger partial charge in [0.2, 0.25) is 0 Å². The van der Waals surface area contributed by atoms with E-state index in [1.54, 1.807) is 6.07 Å². The molecule has 3 aliphatic rings. The summed E-state index contributed by atoms with van der Waals surface area (Å²) in [6.45, 7) is 10.0. The van der Waals surface area contributed by atoms with Gasteiger partial charge < -0.3 is 19.5 Å². The van der Waals surface area contributed by atoms with Crippen molar-refractivity contribution in [3.05, 3.63) is 51.6 Å². The van der Waals surface area contributed by atoms with Gasteiger partial charge in [0, 0.05) is 71.6 Å². The molecule has 0 radical (unpaired) electrons. The standard InChI is InChI=1S/C27H33Cl2N3O4/c1-16-12-30-25(9-23(16)36-17(2)21-5-4-19(28)8-22(21)29)32-13-18(14-32)24-15-31(6-7-35-24)20-10-27(3,11-20)26(33)34/h4-5,8-9,12,17-18,20,24H,6-7,10-11,13-15H2,1-3H3,(H,33,34)/t17-,20?,24-,27?/m1/s1. The Balaban J connectivity index is 1.17. The molecular formula is C27H33Cl2N3O4. The van der Waals surface area contributed by atoms with Crippen molar-refractivity contribution in [2.45, 2.75) is 51.9 Å². The molecule has 194 valence electrons. The number of hydrogen-bond acceptors (Lipinski definition) is 6. The summed E-state index contributed by atoms with van der Waals surface area (Å²) < 4.78 is 12.4. The first kappa shape index (κ1) is 25.6. The molecule has 0 bridgehead atoms. The van der Waals surface area contributed by atoms with Gasteiger partial charge in [0.05, 0.1) is 18.1 Å². The number of ether oxygens (including phenoxy) is 2. The predicted octanol–water partition coefficient (Wildman–Crippen LogP) is 5.23. The molecule has 9 heteroatoms. The average molecular weight is 534 g/mol. The van der Waals surface area contributed by atoms with Gasteiger partial charge in [-0.15, -0.1) is 0 Å². The minimum Gasteiger partial charge on any atom is -0.486 e. The molecule has 3 heterocycles. The molecule has 3 fully saturated rings. The zero-order valence-corrected chi connectivity index (χ0v) is 22.4. The van der Waals surface area contributed by atoms with Gasteiger partial charge in [-0.2, -0.15) is 0 Å². The Morgan fingerprint density at radius 2 is 2.00 bits per heavy atom. The Labute approximate surface area is 222 Å². The highest BCUT2D eigenvalue weighted by Gasteiger charge is 2.50. The Morgan fingerprint density at radius 1 is 1.25 bits per heavy atom. The summed E-state index contributed by atoms with van der Waals surface area (Å²) in [6, 6.07) is 7.79. The van der Waals surface area contributed by atoms with E-state index in [1.807, 2.05) is 45.2 Å². The van der Waals surface area contributed by atoms with Crippen LogP contribution < -0.4 is 9.64 Å². The third kappa shape index (κ3) is 5.03. The molecule has 7 nitrogen and oxygen atoms in total. The van der Waals surface area contributed by atoms with Crippen molar-refractivity contribution >= 4 is 35.0 Å². The summed E-state index contributed by atoms with van der Waals surface area (Å²) in [5.74, 6) is 1.43. The fourth-order valence-electron chi connectivity index (χ4n) is 5.54. The van der Waals surface area contributed by atoms with E-state index in [4.69, 9.17) is 32.7 Å². The van der Waals surface area contributed by atoms with Crippen LogP contribution in [0.5, 0.6) is 5.75 Å². The maximum atomic E-state index is 11.5. The third-order valence-electron chi connectivity index (χ3n) is 8.03. The number of hydrogen-bond donors (Lipinski definition) is 1.